The van der Waals surface area contributed by atoms with Crippen LogP contribution in [0, 0.1) is 0 Å². The molecule has 0 spiro atoms. The highest BCUT2D eigenvalue weighted by atomic mass is 14.9. The van der Waals surface area contributed by atoms with Crippen molar-refractivity contribution >= 4 is 0 Å². The molecule has 1 aromatic rings. The number of nitrogens with one attached hydrogen (secondary N) is 1. The summed E-state index contributed by atoms with van der Waals surface area (Å²) >= 11 is 0. The van der Waals surface area contributed by atoms with Crippen molar-refractivity contribution < 1.29 is 0 Å². The minimum Gasteiger partial charge on any atom is -0.314 e. The molecule has 0 aliphatic carbocycles. The van der Waals surface area contributed by atoms with Gasteiger partial charge in [0.1, 0.15) is 0 Å². The minimum absolute atomic E-state index is 0.541. The van der Waals surface area contributed by atoms with E-state index in [-0.39, 0.29) is 0 Å². The standard InChI is InChI=1S/C16H26N2/c1-4-11-17-16(13-14(3)5-2)10-9-15-8-6-7-12-18-15/h6-8,12,16-17H,3-5,9-11,13H2,1-2H3. The molecule has 0 fully saturated rings. The Morgan fingerprint density at radius 1 is 1.39 bits per heavy atom. The number of aromatic nitrogens is 1. The van der Waals surface area contributed by atoms with E-state index >= 15 is 0 Å². The average molecular weight is 246 g/mol. The number of hydrogen-bond donors (Lipinski definition) is 1. The zero-order valence-corrected chi connectivity index (χ0v) is 11.8. The lowest BCUT2D eigenvalue weighted by Gasteiger charge is -2.19. The summed E-state index contributed by atoms with van der Waals surface area (Å²) in [5.74, 6) is 0. The van der Waals surface area contributed by atoms with E-state index in [0.29, 0.717) is 6.04 Å². The Morgan fingerprint density at radius 2 is 2.22 bits per heavy atom. The molecule has 0 aliphatic heterocycles. The number of hydrogen-bond acceptors (Lipinski definition) is 2. The van der Waals surface area contributed by atoms with Crippen molar-refractivity contribution in [1.29, 1.82) is 0 Å². The highest BCUT2D eigenvalue weighted by molar-refractivity contribution is 5.04. The lowest BCUT2D eigenvalue weighted by atomic mass is 10.00. The van der Waals surface area contributed by atoms with Crippen LogP contribution >= 0.6 is 0 Å². The Labute approximate surface area is 112 Å². The summed E-state index contributed by atoms with van der Waals surface area (Å²) in [5.41, 5.74) is 2.52. The van der Waals surface area contributed by atoms with Gasteiger partial charge in [0.2, 0.25) is 0 Å². The number of pyridine rings is 1. The lowest BCUT2D eigenvalue weighted by molar-refractivity contribution is 0.471. The topological polar surface area (TPSA) is 24.9 Å². The molecule has 0 bridgehead atoms. The largest absolute Gasteiger partial charge is 0.314 e. The fraction of sp³-hybridized carbons (Fsp3) is 0.562. The predicted octanol–water partition coefficient (Wildman–Crippen LogP) is 3.74. The lowest BCUT2D eigenvalue weighted by Crippen LogP contribution is -2.30. The number of rotatable bonds is 9. The zero-order valence-electron chi connectivity index (χ0n) is 11.8. The molecule has 0 aliphatic rings. The maximum atomic E-state index is 4.38. The minimum atomic E-state index is 0.541. The van der Waals surface area contributed by atoms with Crippen molar-refractivity contribution in [3.63, 3.8) is 0 Å². The highest BCUT2D eigenvalue weighted by Crippen LogP contribution is 2.12. The predicted molar refractivity (Wildman–Crippen MR) is 78.7 cm³/mol. The van der Waals surface area contributed by atoms with E-state index in [4.69, 9.17) is 0 Å². The third kappa shape index (κ3) is 5.97. The van der Waals surface area contributed by atoms with Gasteiger partial charge in [0, 0.05) is 17.9 Å². The third-order valence-corrected chi connectivity index (χ3v) is 3.19. The number of nitrogens with zero attached hydrogens (tertiary/aromatic N) is 1. The molecule has 0 saturated carbocycles. The van der Waals surface area contributed by atoms with Gasteiger partial charge in [-0.05, 0) is 50.8 Å². The van der Waals surface area contributed by atoms with Crippen LogP contribution in [0.4, 0.5) is 0 Å². The Bertz CT molecular complexity index is 332. The molecule has 0 saturated heterocycles. The molecule has 0 amide bonds. The van der Waals surface area contributed by atoms with Crippen LogP contribution in [0.3, 0.4) is 0 Å². The quantitative estimate of drug-likeness (QED) is 0.671. The van der Waals surface area contributed by atoms with Crippen LogP contribution < -0.4 is 5.32 Å². The molecule has 18 heavy (non-hydrogen) atoms. The summed E-state index contributed by atoms with van der Waals surface area (Å²) in [4.78, 5) is 4.38. The monoisotopic (exact) mass is 246 g/mol. The summed E-state index contributed by atoms with van der Waals surface area (Å²) in [6.07, 6.45) is 7.39. The van der Waals surface area contributed by atoms with E-state index < -0.39 is 0 Å². The van der Waals surface area contributed by atoms with E-state index in [0.717, 1.165) is 32.2 Å². The van der Waals surface area contributed by atoms with Crippen LogP contribution in [0.25, 0.3) is 0 Å². The van der Waals surface area contributed by atoms with Gasteiger partial charge in [-0.2, -0.15) is 0 Å². The second-order valence-corrected chi connectivity index (χ2v) is 4.82. The molecular formula is C16H26N2. The van der Waals surface area contributed by atoms with E-state index in [2.05, 4.69) is 42.9 Å². The fourth-order valence-electron chi connectivity index (χ4n) is 1.99. The van der Waals surface area contributed by atoms with Gasteiger partial charge in [-0.25, -0.2) is 0 Å². The van der Waals surface area contributed by atoms with E-state index in [1.54, 1.807) is 0 Å². The summed E-state index contributed by atoms with van der Waals surface area (Å²) in [6.45, 7) is 9.59. The van der Waals surface area contributed by atoms with Gasteiger partial charge >= 0.3 is 0 Å². The molecule has 1 N–H and O–H groups in total. The van der Waals surface area contributed by atoms with Gasteiger partial charge in [-0.1, -0.05) is 32.1 Å². The normalized spacial score (nSPS) is 12.3. The SMILES string of the molecule is C=C(CC)CC(CCc1ccccn1)NCCC. The van der Waals surface area contributed by atoms with Crippen molar-refractivity contribution in [3.8, 4) is 0 Å². The van der Waals surface area contributed by atoms with Crippen molar-refractivity contribution in [3.05, 3.63) is 42.2 Å². The summed E-state index contributed by atoms with van der Waals surface area (Å²) in [5, 5.41) is 3.62. The van der Waals surface area contributed by atoms with Crippen molar-refractivity contribution in [2.45, 2.75) is 52.0 Å². The van der Waals surface area contributed by atoms with Crippen molar-refractivity contribution in [1.82, 2.24) is 10.3 Å². The summed E-state index contributed by atoms with van der Waals surface area (Å²) < 4.78 is 0. The molecule has 0 aromatic carbocycles. The van der Waals surface area contributed by atoms with Gasteiger partial charge in [0.05, 0.1) is 0 Å². The van der Waals surface area contributed by atoms with Crippen molar-refractivity contribution in [2.24, 2.45) is 0 Å². The first-order valence-electron chi connectivity index (χ1n) is 7.06. The van der Waals surface area contributed by atoms with Gasteiger partial charge in [0.15, 0.2) is 0 Å². The molecule has 2 nitrogen and oxygen atoms in total. The van der Waals surface area contributed by atoms with E-state index in [1.165, 1.54) is 17.7 Å². The molecule has 1 unspecified atom stereocenters. The molecular weight excluding hydrogens is 220 g/mol. The molecule has 2 heteroatoms. The molecule has 1 rings (SSSR count). The van der Waals surface area contributed by atoms with Crippen LogP contribution in [0.2, 0.25) is 0 Å². The second kappa shape index (κ2) is 8.87. The van der Waals surface area contributed by atoms with Gasteiger partial charge < -0.3 is 5.32 Å². The molecule has 1 atom stereocenters. The van der Waals surface area contributed by atoms with Gasteiger partial charge in [0.25, 0.3) is 0 Å². The highest BCUT2D eigenvalue weighted by Gasteiger charge is 2.09. The summed E-state index contributed by atoms with van der Waals surface area (Å²) in [7, 11) is 0. The third-order valence-electron chi connectivity index (χ3n) is 3.19. The van der Waals surface area contributed by atoms with E-state index in [9.17, 15) is 0 Å². The first-order valence-corrected chi connectivity index (χ1v) is 7.06. The molecule has 100 valence electrons. The van der Waals surface area contributed by atoms with Gasteiger partial charge in [-0.15, -0.1) is 0 Å². The van der Waals surface area contributed by atoms with Gasteiger partial charge in [-0.3, -0.25) is 4.98 Å². The van der Waals surface area contributed by atoms with Crippen LogP contribution in [0.1, 0.15) is 45.2 Å². The smallest absolute Gasteiger partial charge is 0.0404 e. The first kappa shape index (κ1) is 14.9. The molecule has 1 aromatic heterocycles. The average Bonchev–Trinajstić information content (AvgIpc) is 2.42. The van der Waals surface area contributed by atoms with Crippen LogP contribution in [0.15, 0.2) is 36.5 Å². The maximum Gasteiger partial charge on any atom is 0.0404 e. The fourth-order valence-corrected chi connectivity index (χ4v) is 1.99. The Hall–Kier alpha value is -1.15. The Kier molecular flexibility index (Phi) is 7.35. The molecule has 0 radical (unpaired) electrons. The maximum absolute atomic E-state index is 4.38. The zero-order chi connectivity index (χ0) is 13.2. The second-order valence-electron chi connectivity index (χ2n) is 4.82. The number of aryl methyl sites for hydroxylation is 1. The summed E-state index contributed by atoms with van der Waals surface area (Å²) in [6, 6.07) is 6.67. The first-order chi connectivity index (χ1) is 8.76. The van der Waals surface area contributed by atoms with Crippen LogP contribution in [-0.4, -0.2) is 17.6 Å². The Balaban J connectivity index is 2.42. The van der Waals surface area contributed by atoms with Crippen LogP contribution in [-0.2, 0) is 6.42 Å². The molecule has 1 heterocycles. The Morgan fingerprint density at radius 3 is 2.83 bits per heavy atom. The van der Waals surface area contributed by atoms with Crippen molar-refractivity contribution in [2.75, 3.05) is 6.54 Å². The van der Waals surface area contributed by atoms with E-state index in [1.807, 2.05) is 12.3 Å². The van der Waals surface area contributed by atoms with Crippen LogP contribution in [0.5, 0.6) is 0 Å².